The SMILES string of the molecule is COC(=O)c1cc(OC)c(OC)cc1NS(=O)(=O)c1nnc(NC(=O)C(C)C)s1. The van der Waals surface area contributed by atoms with Crippen molar-refractivity contribution < 1.29 is 32.2 Å². The molecule has 158 valence electrons. The topological polar surface area (TPSA) is 146 Å². The van der Waals surface area contributed by atoms with Crippen LogP contribution in [0.1, 0.15) is 24.2 Å². The normalized spacial score (nSPS) is 11.1. The molecule has 0 fully saturated rings. The van der Waals surface area contributed by atoms with E-state index in [0.29, 0.717) is 11.3 Å². The number of amides is 1. The third kappa shape index (κ3) is 5.12. The summed E-state index contributed by atoms with van der Waals surface area (Å²) in [5.74, 6) is -1.02. The fraction of sp³-hybridized carbons (Fsp3) is 0.375. The Balaban J connectivity index is 2.40. The number of hydrogen-bond donors (Lipinski definition) is 2. The number of rotatable bonds is 8. The number of carbonyl (C=O) groups excluding carboxylic acids is 2. The van der Waals surface area contributed by atoms with E-state index in [2.05, 4.69) is 20.2 Å². The number of ether oxygens (including phenoxy) is 3. The highest BCUT2D eigenvalue weighted by molar-refractivity contribution is 7.94. The van der Waals surface area contributed by atoms with Gasteiger partial charge >= 0.3 is 5.97 Å². The predicted molar refractivity (Wildman–Crippen MR) is 105 cm³/mol. The monoisotopic (exact) mass is 444 g/mol. The second-order valence-corrected chi connectivity index (χ2v) is 8.70. The van der Waals surface area contributed by atoms with Crippen LogP contribution in [-0.4, -0.2) is 51.8 Å². The number of aromatic nitrogens is 2. The lowest BCUT2D eigenvalue weighted by Crippen LogP contribution is -2.17. The van der Waals surface area contributed by atoms with Gasteiger partial charge in [0.2, 0.25) is 11.0 Å². The molecule has 0 saturated carbocycles. The van der Waals surface area contributed by atoms with Gasteiger partial charge in [-0.2, -0.15) is 8.42 Å². The van der Waals surface area contributed by atoms with E-state index in [0.717, 1.165) is 7.11 Å². The van der Waals surface area contributed by atoms with E-state index >= 15 is 0 Å². The summed E-state index contributed by atoms with van der Waals surface area (Å²) < 4.78 is 42.3. The standard InChI is InChI=1S/C16H20N4O7S2/c1-8(2)13(21)17-15-18-19-16(28-15)29(23,24)20-10-7-12(26-4)11(25-3)6-9(10)14(22)27-5/h6-8,20H,1-5H3,(H,17,18,21). The van der Waals surface area contributed by atoms with Crippen molar-refractivity contribution in [3.63, 3.8) is 0 Å². The molecule has 2 aromatic rings. The van der Waals surface area contributed by atoms with E-state index in [1.807, 2.05) is 0 Å². The van der Waals surface area contributed by atoms with Gasteiger partial charge in [0.15, 0.2) is 11.5 Å². The maximum absolute atomic E-state index is 12.7. The minimum atomic E-state index is -4.22. The number of sulfonamides is 1. The molecule has 0 aliphatic heterocycles. The number of carbonyl (C=O) groups is 2. The second-order valence-electron chi connectivity index (χ2n) is 5.87. The molecule has 0 radical (unpaired) electrons. The Labute approximate surface area is 171 Å². The van der Waals surface area contributed by atoms with Crippen LogP contribution < -0.4 is 19.5 Å². The Morgan fingerprint density at radius 3 is 2.24 bits per heavy atom. The van der Waals surface area contributed by atoms with Crippen molar-refractivity contribution in [1.82, 2.24) is 10.2 Å². The average Bonchev–Trinajstić information content (AvgIpc) is 3.16. The summed E-state index contributed by atoms with van der Waals surface area (Å²) in [4.78, 5) is 23.8. The summed E-state index contributed by atoms with van der Waals surface area (Å²) in [6, 6.07) is 2.57. The third-order valence-corrected chi connectivity index (χ3v) is 6.14. The molecule has 0 unspecified atom stereocenters. The fourth-order valence-electron chi connectivity index (χ4n) is 2.05. The molecule has 2 rings (SSSR count). The van der Waals surface area contributed by atoms with Gasteiger partial charge in [-0.15, -0.1) is 10.2 Å². The van der Waals surface area contributed by atoms with Gasteiger partial charge in [0.05, 0.1) is 32.6 Å². The molecule has 1 aromatic carbocycles. The molecule has 1 amide bonds. The first-order valence-electron chi connectivity index (χ1n) is 8.14. The van der Waals surface area contributed by atoms with Crippen molar-refractivity contribution in [2.24, 2.45) is 5.92 Å². The van der Waals surface area contributed by atoms with Crippen molar-refractivity contribution in [1.29, 1.82) is 0 Å². The average molecular weight is 444 g/mol. The van der Waals surface area contributed by atoms with Crippen LogP contribution in [0.15, 0.2) is 16.5 Å². The second kappa shape index (κ2) is 9.05. The zero-order valence-corrected chi connectivity index (χ0v) is 17.9. The number of nitrogens with one attached hydrogen (secondary N) is 2. The summed E-state index contributed by atoms with van der Waals surface area (Å²) in [5.41, 5.74) is -0.191. The van der Waals surface area contributed by atoms with E-state index in [-0.39, 0.29) is 39.7 Å². The maximum atomic E-state index is 12.7. The molecule has 2 N–H and O–H groups in total. The van der Waals surface area contributed by atoms with Crippen LogP contribution in [0.3, 0.4) is 0 Å². The minimum absolute atomic E-state index is 0.0320. The molecular weight excluding hydrogens is 424 g/mol. The molecule has 0 aliphatic carbocycles. The lowest BCUT2D eigenvalue weighted by molar-refractivity contribution is -0.118. The van der Waals surface area contributed by atoms with Crippen molar-refractivity contribution >= 4 is 44.1 Å². The van der Waals surface area contributed by atoms with E-state index < -0.39 is 20.3 Å². The Morgan fingerprint density at radius 2 is 1.69 bits per heavy atom. The Bertz CT molecular complexity index is 1020. The first-order chi connectivity index (χ1) is 13.6. The van der Waals surface area contributed by atoms with Crippen LogP contribution in [-0.2, 0) is 19.6 Å². The highest BCUT2D eigenvalue weighted by atomic mass is 32.2. The van der Waals surface area contributed by atoms with E-state index in [1.165, 1.54) is 26.4 Å². The fourth-order valence-corrected chi connectivity index (χ4v) is 4.02. The molecule has 0 bridgehead atoms. The molecule has 0 atom stereocenters. The van der Waals surface area contributed by atoms with Gasteiger partial charge in [-0.05, 0) is 0 Å². The summed E-state index contributed by atoms with van der Waals surface area (Å²) in [5, 5.41) is 9.77. The quantitative estimate of drug-likeness (QED) is 0.459. The van der Waals surface area contributed by atoms with Crippen LogP contribution in [0.2, 0.25) is 0 Å². The van der Waals surface area contributed by atoms with Crippen molar-refractivity contribution in [3.8, 4) is 11.5 Å². The number of anilines is 2. The van der Waals surface area contributed by atoms with Crippen LogP contribution in [0.4, 0.5) is 10.8 Å². The molecule has 1 aromatic heterocycles. The molecule has 1 heterocycles. The lowest BCUT2D eigenvalue weighted by Gasteiger charge is -2.14. The van der Waals surface area contributed by atoms with Crippen molar-refractivity contribution in [2.45, 2.75) is 18.2 Å². The lowest BCUT2D eigenvalue weighted by atomic mass is 10.1. The van der Waals surface area contributed by atoms with Gasteiger partial charge in [-0.25, -0.2) is 4.79 Å². The molecule has 29 heavy (non-hydrogen) atoms. The summed E-state index contributed by atoms with van der Waals surface area (Å²) in [7, 11) is -0.324. The van der Waals surface area contributed by atoms with Gasteiger partial charge in [-0.1, -0.05) is 25.2 Å². The van der Waals surface area contributed by atoms with Crippen LogP contribution in [0.5, 0.6) is 11.5 Å². The number of esters is 1. The molecule has 0 spiro atoms. The summed E-state index contributed by atoms with van der Waals surface area (Å²) >= 11 is 0.666. The molecule has 0 aliphatic rings. The Morgan fingerprint density at radius 1 is 1.07 bits per heavy atom. The highest BCUT2D eigenvalue weighted by Gasteiger charge is 2.26. The number of hydrogen-bond acceptors (Lipinski definition) is 10. The van der Waals surface area contributed by atoms with E-state index in [9.17, 15) is 18.0 Å². The minimum Gasteiger partial charge on any atom is -0.493 e. The highest BCUT2D eigenvalue weighted by Crippen LogP contribution is 2.35. The van der Waals surface area contributed by atoms with Crippen molar-refractivity contribution in [2.75, 3.05) is 31.4 Å². The molecule has 0 saturated heterocycles. The van der Waals surface area contributed by atoms with Crippen molar-refractivity contribution in [3.05, 3.63) is 17.7 Å². The molecule has 13 heteroatoms. The zero-order chi connectivity index (χ0) is 21.8. The first kappa shape index (κ1) is 22.4. The van der Waals surface area contributed by atoms with Gasteiger partial charge < -0.3 is 19.5 Å². The van der Waals surface area contributed by atoms with Gasteiger partial charge in [0.1, 0.15) is 0 Å². The number of nitrogens with zero attached hydrogens (tertiary/aromatic N) is 2. The van der Waals surface area contributed by atoms with Crippen LogP contribution >= 0.6 is 11.3 Å². The Hall–Kier alpha value is -2.93. The number of methoxy groups -OCH3 is 3. The number of benzene rings is 1. The maximum Gasteiger partial charge on any atom is 0.340 e. The van der Waals surface area contributed by atoms with Gasteiger partial charge in [0, 0.05) is 18.1 Å². The predicted octanol–water partition coefficient (Wildman–Crippen LogP) is 1.74. The van der Waals surface area contributed by atoms with E-state index in [1.54, 1.807) is 13.8 Å². The summed E-state index contributed by atoms with van der Waals surface area (Å²) in [6.07, 6.45) is 0. The van der Waals surface area contributed by atoms with Crippen LogP contribution in [0.25, 0.3) is 0 Å². The van der Waals surface area contributed by atoms with Gasteiger partial charge in [0.25, 0.3) is 14.4 Å². The third-order valence-electron chi connectivity index (χ3n) is 3.56. The van der Waals surface area contributed by atoms with Crippen LogP contribution in [0, 0.1) is 5.92 Å². The van der Waals surface area contributed by atoms with E-state index in [4.69, 9.17) is 14.2 Å². The summed E-state index contributed by atoms with van der Waals surface area (Å²) in [6.45, 7) is 3.36. The van der Waals surface area contributed by atoms with Gasteiger partial charge in [-0.3, -0.25) is 9.52 Å². The largest absolute Gasteiger partial charge is 0.493 e. The first-order valence-corrected chi connectivity index (χ1v) is 10.4. The Kier molecular flexibility index (Phi) is 6.97. The molecular formula is C16H20N4O7S2. The zero-order valence-electron chi connectivity index (χ0n) is 16.3. The smallest absolute Gasteiger partial charge is 0.340 e. The molecule has 11 nitrogen and oxygen atoms in total.